The van der Waals surface area contributed by atoms with Crippen molar-refractivity contribution in [2.24, 2.45) is 0 Å². The minimum Gasteiger partial charge on any atom is -0.185 e. The molecule has 0 radical (unpaired) electrons. The summed E-state index contributed by atoms with van der Waals surface area (Å²) in [4.78, 5) is 1.45. The van der Waals surface area contributed by atoms with Crippen LogP contribution in [-0.4, -0.2) is 4.37 Å². The largest absolute Gasteiger partial charge is 0.185 e. The standard InChI is InChI=1S/C6H6BrNS/c7-6-3-5(9-8-6)4-1-2-4/h3-4H,1-2H2. The summed E-state index contributed by atoms with van der Waals surface area (Å²) in [6.45, 7) is 0. The fourth-order valence-corrected chi connectivity index (χ4v) is 2.24. The van der Waals surface area contributed by atoms with Crippen LogP contribution in [0.1, 0.15) is 23.6 Å². The SMILES string of the molecule is Brc1cc(C2CC2)sn1. The van der Waals surface area contributed by atoms with Gasteiger partial charge in [0.1, 0.15) is 4.60 Å². The molecule has 1 heterocycles. The molecule has 1 saturated carbocycles. The normalized spacial score (nSPS) is 18.3. The van der Waals surface area contributed by atoms with Gasteiger partial charge >= 0.3 is 0 Å². The van der Waals surface area contributed by atoms with Gasteiger partial charge in [0, 0.05) is 4.88 Å². The van der Waals surface area contributed by atoms with Crippen molar-refractivity contribution < 1.29 is 0 Å². The third-order valence-corrected chi connectivity index (χ3v) is 3.07. The molecule has 1 fully saturated rings. The highest BCUT2D eigenvalue weighted by Gasteiger charge is 2.25. The van der Waals surface area contributed by atoms with E-state index in [1.807, 2.05) is 0 Å². The molecule has 3 heteroatoms. The molecule has 48 valence electrons. The van der Waals surface area contributed by atoms with Crippen LogP contribution in [0.15, 0.2) is 10.7 Å². The van der Waals surface area contributed by atoms with Gasteiger partial charge in [0.05, 0.1) is 0 Å². The van der Waals surface area contributed by atoms with Crippen molar-refractivity contribution in [1.82, 2.24) is 4.37 Å². The Morgan fingerprint density at radius 3 is 2.89 bits per heavy atom. The van der Waals surface area contributed by atoms with Crippen molar-refractivity contribution >= 4 is 27.5 Å². The second-order valence-electron chi connectivity index (χ2n) is 2.33. The van der Waals surface area contributed by atoms with Gasteiger partial charge in [-0.2, -0.15) is 4.37 Å². The predicted octanol–water partition coefficient (Wildman–Crippen LogP) is 2.78. The zero-order chi connectivity index (χ0) is 6.27. The Kier molecular flexibility index (Phi) is 1.34. The molecule has 1 aromatic heterocycles. The predicted molar refractivity (Wildman–Crippen MR) is 41.8 cm³/mol. The molecule has 0 aliphatic heterocycles. The lowest BCUT2D eigenvalue weighted by molar-refractivity contribution is 1.18. The topological polar surface area (TPSA) is 12.9 Å². The van der Waals surface area contributed by atoms with Crippen LogP contribution in [-0.2, 0) is 0 Å². The molecule has 0 saturated heterocycles. The van der Waals surface area contributed by atoms with Crippen molar-refractivity contribution in [2.45, 2.75) is 18.8 Å². The third-order valence-electron chi connectivity index (χ3n) is 1.48. The number of aromatic nitrogens is 1. The highest BCUT2D eigenvalue weighted by molar-refractivity contribution is 9.10. The minimum atomic E-state index is 0.855. The molecular formula is C6H6BrNS. The van der Waals surface area contributed by atoms with Crippen LogP contribution >= 0.6 is 27.5 Å². The lowest BCUT2D eigenvalue weighted by Gasteiger charge is -1.80. The van der Waals surface area contributed by atoms with E-state index in [1.54, 1.807) is 11.5 Å². The molecule has 0 amide bonds. The maximum absolute atomic E-state index is 4.14. The lowest BCUT2D eigenvalue weighted by Crippen LogP contribution is -1.63. The molecule has 1 aromatic rings. The molecule has 0 aromatic carbocycles. The van der Waals surface area contributed by atoms with E-state index in [2.05, 4.69) is 26.4 Å². The Balaban J connectivity index is 2.28. The van der Waals surface area contributed by atoms with Crippen LogP contribution in [0.4, 0.5) is 0 Å². The Hall–Kier alpha value is 0.110. The Labute approximate surface area is 66.4 Å². The first-order valence-electron chi connectivity index (χ1n) is 2.98. The molecule has 0 bridgehead atoms. The zero-order valence-electron chi connectivity index (χ0n) is 4.80. The van der Waals surface area contributed by atoms with Gasteiger partial charge in [-0.05, 0) is 52.3 Å². The maximum atomic E-state index is 4.14. The number of hydrogen-bond acceptors (Lipinski definition) is 2. The van der Waals surface area contributed by atoms with Crippen molar-refractivity contribution in [3.63, 3.8) is 0 Å². The second kappa shape index (κ2) is 2.06. The number of hydrogen-bond donors (Lipinski definition) is 0. The van der Waals surface area contributed by atoms with Crippen LogP contribution in [0.5, 0.6) is 0 Å². The van der Waals surface area contributed by atoms with Crippen molar-refractivity contribution in [3.8, 4) is 0 Å². The third kappa shape index (κ3) is 1.17. The number of nitrogens with zero attached hydrogens (tertiary/aromatic N) is 1. The highest BCUT2D eigenvalue weighted by atomic mass is 79.9. The molecule has 1 aliphatic carbocycles. The average molecular weight is 204 g/mol. The molecule has 0 N–H and O–H groups in total. The molecule has 2 rings (SSSR count). The molecule has 1 nitrogen and oxygen atoms in total. The smallest absolute Gasteiger partial charge is 0.120 e. The summed E-state index contributed by atoms with van der Waals surface area (Å²) in [6, 6.07) is 2.13. The summed E-state index contributed by atoms with van der Waals surface area (Å²) in [7, 11) is 0. The zero-order valence-corrected chi connectivity index (χ0v) is 7.20. The van der Waals surface area contributed by atoms with Crippen LogP contribution < -0.4 is 0 Å². The van der Waals surface area contributed by atoms with Gasteiger partial charge in [0.2, 0.25) is 0 Å². The summed E-state index contributed by atoms with van der Waals surface area (Å²) in [5.74, 6) is 0.855. The molecule has 1 aliphatic rings. The fraction of sp³-hybridized carbons (Fsp3) is 0.500. The van der Waals surface area contributed by atoms with Gasteiger partial charge < -0.3 is 0 Å². The number of rotatable bonds is 1. The van der Waals surface area contributed by atoms with E-state index in [4.69, 9.17) is 0 Å². The Morgan fingerprint density at radius 1 is 1.67 bits per heavy atom. The maximum Gasteiger partial charge on any atom is 0.120 e. The quantitative estimate of drug-likeness (QED) is 0.685. The molecular weight excluding hydrogens is 198 g/mol. The lowest BCUT2D eigenvalue weighted by atomic mass is 10.3. The summed E-state index contributed by atoms with van der Waals surface area (Å²) in [6.07, 6.45) is 2.74. The van der Waals surface area contributed by atoms with Crippen LogP contribution in [0.3, 0.4) is 0 Å². The summed E-state index contributed by atoms with van der Waals surface area (Å²) in [5, 5.41) is 0. The van der Waals surface area contributed by atoms with E-state index in [0.717, 1.165) is 10.5 Å². The molecule has 0 spiro atoms. The van der Waals surface area contributed by atoms with E-state index in [1.165, 1.54) is 17.7 Å². The number of halogens is 1. The van der Waals surface area contributed by atoms with E-state index in [9.17, 15) is 0 Å². The van der Waals surface area contributed by atoms with Crippen LogP contribution in [0, 0.1) is 0 Å². The van der Waals surface area contributed by atoms with Gasteiger partial charge in [0.15, 0.2) is 0 Å². The summed E-state index contributed by atoms with van der Waals surface area (Å²) >= 11 is 4.95. The van der Waals surface area contributed by atoms with E-state index in [0.29, 0.717) is 0 Å². The molecule has 9 heavy (non-hydrogen) atoms. The summed E-state index contributed by atoms with van der Waals surface area (Å²) < 4.78 is 5.13. The fourth-order valence-electron chi connectivity index (χ4n) is 0.827. The van der Waals surface area contributed by atoms with Crippen molar-refractivity contribution in [2.75, 3.05) is 0 Å². The summed E-state index contributed by atoms with van der Waals surface area (Å²) in [5.41, 5.74) is 0. The van der Waals surface area contributed by atoms with Crippen molar-refractivity contribution in [1.29, 1.82) is 0 Å². The second-order valence-corrected chi connectivity index (χ2v) is 3.98. The first-order chi connectivity index (χ1) is 4.36. The van der Waals surface area contributed by atoms with Gasteiger partial charge in [-0.25, -0.2) is 0 Å². The monoisotopic (exact) mass is 203 g/mol. The first-order valence-corrected chi connectivity index (χ1v) is 4.55. The van der Waals surface area contributed by atoms with Gasteiger partial charge in [-0.1, -0.05) is 0 Å². The minimum absolute atomic E-state index is 0.855. The van der Waals surface area contributed by atoms with E-state index >= 15 is 0 Å². The average Bonchev–Trinajstić information content (AvgIpc) is 2.58. The highest BCUT2D eigenvalue weighted by Crippen LogP contribution is 2.42. The van der Waals surface area contributed by atoms with Crippen LogP contribution in [0.25, 0.3) is 0 Å². The molecule has 0 atom stereocenters. The van der Waals surface area contributed by atoms with Crippen LogP contribution in [0.2, 0.25) is 0 Å². The Morgan fingerprint density at radius 2 is 2.44 bits per heavy atom. The first kappa shape index (κ1) is 5.86. The van der Waals surface area contributed by atoms with E-state index < -0.39 is 0 Å². The van der Waals surface area contributed by atoms with Gasteiger partial charge in [-0.3, -0.25) is 0 Å². The molecule has 0 unspecified atom stereocenters. The van der Waals surface area contributed by atoms with E-state index in [-0.39, 0.29) is 0 Å². The van der Waals surface area contributed by atoms with Gasteiger partial charge in [0.25, 0.3) is 0 Å². The Bertz CT molecular complexity index is 217. The van der Waals surface area contributed by atoms with Gasteiger partial charge in [-0.15, -0.1) is 0 Å². The van der Waals surface area contributed by atoms with Crippen molar-refractivity contribution in [3.05, 3.63) is 15.5 Å².